The van der Waals surface area contributed by atoms with Gasteiger partial charge in [-0.3, -0.25) is 0 Å². The van der Waals surface area contributed by atoms with Crippen LogP contribution in [0.25, 0.3) is 0 Å². The minimum Gasteiger partial charge on any atom is -0.458 e. The average Bonchev–Trinajstić information content (AvgIpc) is 2.96. The number of carbonyl (C=O) groups excluding carboxylic acids is 1. The lowest BCUT2D eigenvalue weighted by atomic mass is 10.1. The van der Waals surface area contributed by atoms with Crippen LogP contribution in [0.15, 0.2) is 24.3 Å². The van der Waals surface area contributed by atoms with Crippen LogP contribution in [-0.2, 0) is 14.3 Å². The number of ether oxygens (including phenoxy) is 2. The van der Waals surface area contributed by atoms with Crippen molar-refractivity contribution in [3.05, 3.63) is 35.6 Å². The lowest BCUT2D eigenvalue weighted by Crippen LogP contribution is -2.26. The molecule has 0 unspecified atom stereocenters. The molecular formula is C13H15FO3. The molecule has 3 nitrogen and oxygen atoms in total. The fourth-order valence-electron chi connectivity index (χ4n) is 1.56. The molecule has 2 atom stereocenters. The quantitative estimate of drug-likeness (QED) is 0.587. The number of halogens is 1. The predicted molar refractivity (Wildman–Crippen MR) is 59.9 cm³/mol. The summed E-state index contributed by atoms with van der Waals surface area (Å²) in [7, 11) is 0. The van der Waals surface area contributed by atoms with E-state index in [9.17, 15) is 9.18 Å². The zero-order chi connectivity index (χ0) is 12.6. The number of hydrogen-bond acceptors (Lipinski definition) is 3. The molecular weight excluding hydrogens is 223 g/mol. The summed E-state index contributed by atoms with van der Waals surface area (Å²) in [6.45, 7) is 5.42. The second kappa shape index (κ2) is 4.11. The molecule has 2 rings (SSSR count). The number of rotatable bonds is 2. The largest absolute Gasteiger partial charge is 0.458 e. The lowest BCUT2D eigenvalue weighted by Gasteiger charge is -2.18. The van der Waals surface area contributed by atoms with Crippen molar-refractivity contribution in [3.8, 4) is 0 Å². The third-order valence-corrected chi connectivity index (χ3v) is 2.33. The fraction of sp³-hybridized carbons (Fsp3) is 0.462. The predicted octanol–water partition coefficient (Wildman–Crippen LogP) is 2.61. The van der Waals surface area contributed by atoms with Crippen molar-refractivity contribution < 1.29 is 18.7 Å². The minimum atomic E-state index is -0.556. The van der Waals surface area contributed by atoms with Gasteiger partial charge in [-0.05, 0) is 38.5 Å². The molecule has 0 aliphatic carbocycles. The van der Waals surface area contributed by atoms with Crippen molar-refractivity contribution in [1.29, 1.82) is 0 Å². The van der Waals surface area contributed by atoms with Crippen LogP contribution in [0.3, 0.4) is 0 Å². The van der Waals surface area contributed by atoms with Gasteiger partial charge in [0.15, 0.2) is 6.10 Å². The molecule has 1 aromatic rings. The molecule has 0 spiro atoms. The maximum absolute atomic E-state index is 12.7. The highest BCUT2D eigenvalue weighted by Gasteiger charge is 2.48. The molecule has 0 N–H and O–H groups in total. The van der Waals surface area contributed by atoms with Crippen molar-refractivity contribution >= 4 is 5.97 Å². The SMILES string of the molecule is CC(C)(C)OC(=O)[C@H]1O[C@@H]1c1ccc(F)cc1. The molecule has 0 amide bonds. The van der Waals surface area contributed by atoms with Crippen molar-refractivity contribution in [2.45, 2.75) is 38.6 Å². The van der Waals surface area contributed by atoms with Gasteiger partial charge < -0.3 is 9.47 Å². The van der Waals surface area contributed by atoms with Gasteiger partial charge in [0.25, 0.3) is 0 Å². The van der Waals surface area contributed by atoms with Crippen LogP contribution in [0.1, 0.15) is 32.4 Å². The Hall–Kier alpha value is -1.42. The van der Waals surface area contributed by atoms with E-state index in [4.69, 9.17) is 9.47 Å². The zero-order valence-electron chi connectivity index (χ0n) is 10.1. The van der Waals surface area contributed by atoms with Crippen molar-refractivity contribution in [1.82, 2.24) is 0 Å². The van der Waals surface area contributed by atoms with Crippen molar-refractivity contribution in [3.63, 3.8) is 0 Å². The van der Waals surface area contributed by atoms with Crippen LogP contribution < -0.4 is 0 Å². The van der Waals surface area contributed by atoms with Crippen LogP contribution >= 0.6 is 0 Å². The molecule has 0 radical (unpaired) electrons. The van der Waals surface area contributed by atoms with E-state index in [1.54, 1.807) is 32.9 Å². The number of hydrogen-bond donors (Lipinski definition) is 0. The first kappa shape index (κ1) is 12.0. The van der Waals surface area contributed by atoms with E-state index in [0.717, 1.165) is 5.56 Å². The third kappa shape index (κ3) is 3.03. The van der Waals surface area contributed by atoms with Gasteiger partial charge in [-0.15, -0.1) is 0 Å². The lowest BCUT2D eigenvalue weighted by molar-refractivity contribution is -0.156. The Labute approximate surface area is 99.5 Å². The summed E-state index contributed by atoms with van der Waals surface area (Å²) < 4.78 is 23.2. The van der Waals surface area contributed by atoms with Gasteiger partial charge in [0, 0.05) is 0 Å². The molecule has 0 bridgehead atoms. The van der Waals surface area contributed by atoms with Crippen LogP contribution in [-0.4, -0.2) is 17.7 Å². The number of benzene rings is 1. The molecule has 17 heavy (non-hydrogen) atoms. The summed E-state index contributed by atoms with van der Waals surface area (Å²) in [4.78, 5) is 11.7. The van der Waals surface area contributed by atoms with Gasteiger partial charge in [0.1, 0.15) is 17.5 Å². The Balaban J connectivity index is 1.96. The van der Waals surface area contributed by atoms with Gasteiger partial charge >= 0.3 is 5.97 Å². The Morgan fingerprint density at radius 1 is 1.29 bits per heavy atom. The second-order valence-corrected chi connectivity index (χ2v) is 5.06. The van der Waals surface area contributed by atoms with E-state index < -0.39 is 11.7 Å². The monoisotopic (exact) mass is 238 g/mol. The molecule has 0 saturated carbocycles. The van der Waals surface area contributed by atoms with E-state index in [0.29, 0.717) is 0 Å². The van der Waals surface area contributed by atoms with Gasteiger partial charge in [-0.2, -0.15) is 0 Å². The Kier molecular flexibility index (Phi) is 2.91. The molecule has 1 saturated heterocycles. The summed E-state index contributed by atoms with van der Waals surface area (Å²) >= 11 is 0. The fourth-order valence-corrected chi connectivity index (χ4v) is 1.56. The highest BCUT2D eigenvalue weighted by Crippen LogP contribution is 2.39. The Bertz CT molecular complexity index is 419. The molecule has 0 aromatic heterocycles. The molecule has 1 aliphatic heterocycles. The summed E-state index contributed by atoms with van der Waals surface area (Å²) in [5.41, 5.74) is 0.276. The number of esters is 1. The first-order chi connectivity index (χ1) is 7.87. The Morgan fingerprint density at radius 2 is 1.88 bits per heavy atom. The van der Waals surface area contributed by atoms with E-state index in [1.165, 1.54) is 12.1 Å². The van der Waals surface area contributed by atoms with Gasteiger partial charge in [0.2, 0.25) is 0 Å². The summed E-state index contributed by atoms with van der Waals surface area (Å²) in [6.07, 6.45) is -0.856. The van der Waals surface area contributed by atoms with Gasteiger partial charge in [-0.25, -0.2) is 9.18 Å². The van der Waals surface area contributed by atoms with E-state index in [1.807, 2.05) is 0 Å². The van der Waals surface area contributed by atoms with E-state index >= 15 is 0 Å². The second-order valence-electron chi connectivity index (χ2n) is 5.06. The Morgan fingerprint density at radius 3 is 2.41 bits per heavy atom. The smallest absolute Gasteiger partial charge is 0.338 e. The summed E-state index contributed by atoms with van der Waals surface area (Å²) in [5.74, 6) is -0.671. The molecule has 1 aliphatic rings. The average molecular weight is 238 g/mol. The van der Waals surface area contributed by atoms with Crippen LogP contribution in [0.5, 0.6) is 0 Å². The van der Waals surface area contributed by atoms with Crippen LogP contribution in [0.2, 0.25) is 0 Å². The molecule has 92 valence electrons. The normalized spacial score (nSPS) is 23.3. The molecule has 4 heteroatoms. The number of carbonyl (C=O) groups is 1. The summed E-state index contributed by atoms with van der Waals surface area (Å²) in [6, 6.07) is 5.93. The van der Waals surface area contributed by atoms with Crippen LogP contribution in [0.4, 0.5) is 4.39 Å². The maximum atomic E-state index is 12.7. The highest BCUT2D eigenvalue weighted by atomic mass is 19.1. The summed E-state index contributed by atoms with van der Waals surface area (Å²) in [5, 5.41) is 0. The van der Waals surface area contributed by atoms with Crippen LogP contribution in [0, 0.1) is 5.82 Å². The first-order valence-electron chi connectivity index (χ1n) is 5.50. The van der Waals surface area contributed by atoms with Crippen molar-refractivity contribution in [2.75, 3.05) is 0 Å². The molecule has 1 aromatic carbocycles. The molecule has 1 fully saturated rings. The first-order valence-corrected chi connectivity index (χ1v) is 5.50. The van der Waals surface area contributed by atoms with E-state index in [-0.39, 0.29) is 17.9 Å². The van der Waals surface area contributed by atoms with E-state index in [2.05, 4.69) is 0 Å². The van der Waals surface area contributed by atoms with Crippen molar-refractivity contribution in [2.24, 2.45) is 0 Å². The third-order valence-electron chi connectivity index (χ3n) is 2.33. The number of epoxide rings is 1. The maximum Gasteiger partial charge on any atom is 0.338 e. The topological polar surface area (TPSA) is 38.8 Å². The van der Waals surface area contributed by atoms with Gasteiger partial charge in [0.05, 0.1) is 0 Å². The molecule has 1 heterocycles. The zero-order valence-corrected chi connectivity index (χ0v) is 10.1. The van der Waals surface area contributed by atoms with Gasteiger partial charge in [-0.1, -0.05) is 12.1 Å². The standard InChI is InChI=1S/C13H15FO3/c1-13(2,3)17-12(15)11-10(16-11)8-4-6-9(14)7-5-8/h4-7,10-11H,1-3H3/t10-,11+/m1/s1. The minimum absolute atomic E-state index is 0.301. The highest BCUT2D eigenvalue weighted by molar-refractivity contribution is 5.78.